The average Bonchev–Trinajstić information content (AvgIpc) is 2.72. The van der Waals surface area contributed by atoms with Gasteiger partial charge in [0.15, 0.2) is 0 Å². The molecule has 2 rings (SSSR count). The molecule has 0 bridgehead atoms. The normalized spacial score (nSPS) is 23.0. The van der Waals surface area contributed by atoms with Gasteiger partial charge >= 0.3 is 0 Å². The van der Waals surface area contributed by atoms with Crippen molar-refractivity contribution in [2.75, 3.05) is 12.3 Å². The summed E-state index contributed by atoms with van der Waals surface area (Å²) in [5.41, 5.74) is 6.46. The van der Waals surface area contributed by atoms with E-state index in [1.165, 1.54) is 0 Å². The molecule has 1 aromatic carbocycles. The number of hydrogen-bond acceptors (Lipinski definition) is 3. The molecule has 1 aromatic rings. The minimum atomic E-state index is -0.250. The van der Waals surface area contributed by atoms with Gasteiger partial charge in [-0.15, -0.1) is 0 Å². The van der Waals surface area contributed by atoms with Crippen LogP contribution in [0.15, 0.2) is 18.2 Å². The van der Waals surface area contributed by atoms with Crippen LogP contribution in [0.3, 0.4) is 0 Å². The van der Waals surface area contributed by atoms with Crippen molar-refractivity contribution < 1.29 is 9.90 Å². The molecule has 0 radical (unpaired) electrons. The van der Waals surface area contributed by atoms with Gasteiger partial charge in [0.05, 0.1) is 16.7 Å². The number of hydrogen-bond donors (Lipinski definition) is 3. The van der Waals surface area contributed by atoms with Gasteiger partial charge in [0.25, 0.3) is 5.91 Å². The van der Waals surface area contributed by atoms with E-state index >= 15 is 0 Å². The summed E-state index contributed by atoms with van der Waals surface area (Å²) >= 11 is 5.96. The van der Waals surface area contributed by atoms with Gasteiger partial charge in [0, 0.05) is 12.2 Å². The number of nitrogen functional groups attached to an aromatic ring is 1. The summed E-state index contributed by atoms with van der Waals surface area (Å²) in [5, 5.41) is 12.6. The van der Waals surface area contributed by atoms with Crippen LogP contribution in [0.25, 0.3) is 0 Å². The van der Waals surface area contributed by atoms with Crippen LogP contribution in [0, 0.1) is 5.92 Å². The molecule has 0 spiro atoms. The van der Waals surface area contributed by atoms with Crippen molar-refractivity contribution in [3.8, 4) is 0 Å². The predicted molar refractivity (Wildman–Crippen MR) is 71.5 cm³/mol. The number of carbonyl (C=O) groups excluding carboxylic acids is 1. The van der Waals surface area contributed by atoms with E-state index in [4.69, 9.17) is 17.3 Å². The highest BCUT2D eigenvalue weighted by molar-refractivity contribution is 6.34. The summed E-state index contributed by atoms with van der Waals surface area (Å²) in [7, 11) is 0. The molecule has 4 nitrogen and oxygen atoms in total. The zero-order valence-corrected chi connectivity index (χ0v) is 10.8. The lowest BCUT2D eigenvalue weighted by Crippen LogP contribution is -2.29. The maximum absolute atomic E-state index is 12.0. The van der Waals surface area contributed by atoms with Crippen molar-refractivity contribution in [3.05, 3.63) is 28.8 Å². The van der Waals surface area contributed by atoms with E-state index in [0.717, 1.165) is 19.3 Å². The average molecular weight is 269 g/mol. The number of nitrogens with two attached hydrogens (primary N) is 1. The van der Waals surface area contributed by atoms with E-state index < -0.39 is 0 Å². The predicted octanol–water partition coefficient (Wildman–Crippen LogP) is 1.81. The minimum absolute atomic E-state index is 0.225. The SMILES string of the molecule is Nc1cccc(Cl)c1C(=O)NCC1CCC(O)C1. The zero-order valence-electron chi connectivity index (χ0n) is 10.0. The van der Waals surface area contributed by atoms with Crippen LogP contribution in [0.2, 0.25) is 5.02 Å². The third-order valence-corrected chi connectivity index (χ3v) is 3.65. The van der Waals surface area contributed by atoms with Crippen LogP contribution in [0.5, 0.6) is 0 Å². The Hall–Kier alpha value is -1.26. The lowest BCUT2D eigenvalue weighted by molar-refractivity contribution is 0.0946. The van der Waals surface area contributed by atoms with Gasteiger partial charge in [-0.2, -0.15) is 0 Å². The summed E-state index contributed by atoms with van der Waals surface area (Å²) in [6.45, 7) is 0.556. The molecule has 1 aliphatic carbocycles. The molecule has 1 amide bonds. The summed E-state index contributed by atoms with van der Waals surface area (Å²) in [6.07, 6.45) is 2.28. The number of rotatable bonds is 3. The van der Waals surface area contributed by atoms with Crippen molar-refractivity contribution in [2.24, 2.45) is 5.92 Å². The molecule has 1 aliphatic rings. The van der Waals surface area contributed by atoms with E-state index in [9.17, 15) is 9.90 Å². The van der Waals surface area contributed by atoms with Crippen molar-refractivity contribution >= 4 is 23.2 Å². The number of nitrogens with one attached hydrogen (secondary N) is 1. The highest BCUT2D eigenvalue weighted by Gasteiger charge is 2.23. The van der Waals surface area contributed by atoms with Crippen LogP contribution in [0.1, 0.15) is 29.6 Å². The van der Waals surface area contributed by atoms with Gasteiger partial charge in [-0.3, -0.25) is 4.79 Å². The molecule has 0 aliphatic heterocycles. The molecule has 2 atom stereocenters. The molecule has 0 heterocycles. The molecule has 98 valence electrons. The number of aliphatic hydroxyl groups excluding tert-OH is 1. The van der Waals surface area contributed by atoms with Crippen LogP contribution in [0.4, 0.5) is 5.69 Å². The first-order valence-corrected chi connectivity index (χ1v) is 6.46. The maximum atomic E-state index is 12.0. The van der Waals surface area contributed by atoms with Crippen LogP contribution in [-0.4, -0.2) is 23.7 Å². The monoisotopic (exact) mass is 268 g/mol. The molecule has 0 aromatic heterocycles. The van der Waals surface area contributed by atoms with Gasteiger partial charge in [0.2, 0.25) is 0 Å². The van der Waals surface area contributed by atoms with Crippen LogP contribution < -0.4 is 11.1 Å². The molecule has 1 saturated carbocycles. The molecule has 0 saturated heterocycles. The zero-order chi connectivity index (χ0) is 13.1. The number of amides is 1. The fourth-order valence-corrected chi connectivity index (χ4v) is 2.61. The summed E-state index contributed by atoms with van der Waals surface area (Å²) in [6, 6.07) is 5.01. The Balaban J connectivity index is 1.96. The van der Waals surface area contributed by atoms with E-state index in [1.807, 2.05) is 0 Å². The topological polar surface area (TPSA) is 75.4 Å². The smallest absolute Gasteiger partial charge is 0.254 e. The molecule has 2 unspecified atom stereocenters. The standard InChI is InChI=1S/C13H17ClN2O2/c14-10-2-1-3-11(15)12(10)13(18)16-7-8-4-5-9(17)6-8/h1-3,8-9,17H,4-7,15H2,(H,16,18). The second-order valence-corrected chi connectivity index (χ2v) is 5.15. The van der Waals surface area contributed by atoms with Crippen LogP contribution in [-0.2, 0) is 0 Å². The highest BCUT2D eigenvalue weighted by Crippen LogP contribution is 2.25. The second-order valence-electron chi connectivity index (χ2n) is 4.75. The Bertz CT molecular complexity index is 430. The van der Waals surface area contributed by atoms with Crippen LogP contribution >= 0.6 is 11.6 Å². The molecule has 18 heavy (non-hydrogen) atoms. The van der Waals surface area contributed by atoms with Crippen molar-refractivity contribution in [2.45, 2.75) is 25.4 Å². The molecule has 5 heteroatoms. The lowest BCUT2D eigenvalue weighted by Gasteiger charge is -2.12. The van der Waals surface area contributed by atoms with Gasteiger partial charge < -0.3 is 16.2 Å². The number of carbonyl (C=O) groups is 1. The Morgan fingerprint density at radius 2 is 2.28 bits per heavy atom. The number of halogens is 1. The van der Waals surface area contributed by atoms with E-state index in [0.29, 0.717) is 28.7 Å². The van der Waals surface area contributed by atoms with Gasteiger partial charge in [-0.1, -0.05) is 17.7 Å². The molecular formula is C13H17ClN2O2. The quantitative estimate of drug-likeness (QED) is 0.732. The van der Waals surface area contributed by atoms with Crippen molar-refractivity contribution in [3.63, 3.8) is 0 Å². The third kappa shape index (κ3) is 2.94. The van der Waals surface area contributed by atoms with E-state index in [-0.39, 0.29) is 12.0 Å². The fourth-order valence-electron chi connectivity index (χ4n) is 2.34. The lowest BCUT2D eigenvalue weighted by atomic mass is 10.1. The van der Waals surface area contributed by atoms with Crippen molar-refractivity contribution in [1.82, 2.24) is 5.32 Å². The fraction of sp³-hybridized carbons (Fsp3) is 0.462. The summed E-state index contributed by atoms with van der Waals surface area (Å²) in [4.78, 5) is 12.0. The van der Waals surface area contributed by atoms with Crippen molar-refractivity contribution in [1.29, 1.82) is 0 Å². The summed E-state index contributed by atoms with van der Waals surface area (Å²) in [5.74, 6) is 0.0900. The third-order valence-electron chi connectivity index (χ3n) is 3.34. The van der Waals surface area contributed by atoms with E-state index in [2.05, 4.69) is 5.32 Å². The summed E-state index contributed by atoms with van der Waals surface area (Å²) < 4.78 is 0. The first-order valence-electron chi connectivity index (χ1n) is 6.08. The Labute approximate surface area is 111 Å². The highest BCUT2D eigenvalue weighted by atomic mass is 35.5. The van der Waals surface area contributed by atoms with E-state index in [1.54, 1.807) is 18.2 Å². The number of aliphatic hydroxyl groups is 1. The second kappa shape index (κ2) is 5.59. The van der Waals surface area contributed by atoms with Gasteiger partial charge in [-0.25, -0.2) is 0 Å². The molecule has 4 N–H and O–H groups in total. The Morgan fingerprint density at radius 1 is 1.50 bits per heavy atom. The Morgan fingerprint density at radius 3 is 2.89 bits per heavy atom. The first-order chi connectivity index (χ1) is 8.58. The molecule has 1 fully saturated rings. The Kier molecular flexibility index (Phi) is 4.09. The molecular weight excluding hydrogens is 252 g/mol. The first kappa shape index (κ1) is 13.2. The number of anilines is 1. The van der Waals surface area contributed by atoms with Gasteiger partial charge in [0.1, 0.15) is 0 Å². The minimum Gasteiger partial charge on any atom is -0.398 e. The largest absolute Gasteiger partial charge is 0.398 e. The maximum Gasteiger partial charge on any atom is 0.254 e. The van der Waals surface area contributed by atoms with Gasteiger partial charge in [-0.05, 0) is 37.3 Å². The number of benzene rings is 1.